The first-order valence-electron chi connectivity index (χ1n) is 5.13. The smallest absolute Gasteiger partial charge is 0.251 e. The first-order chi connectivity index (χ1) is 7.31. The van der Waals surface area contributed by atoms with E-state index in [0.29, 0.717) is 17.1 Å². The molecule has 0 aromatic heterocycles. The predicted octanol–water partition coefficient (Wildman–Crippen LogP) is 2.12. The number of nitrogens with one attached hydrogen (secondary N) is 1. The number of amides is 1. The lowest BCUT2D eigenvalue weighted by molar-refractivity contribution is 0.0945. The van der Waals surface area contributed by atoms with Crippen molar-refractivity contribution in [3.8, 4) is 0 Å². The molecule has 3 N–H and O–H groups in total. The Morgan fingerprint density at radius 2 is 2.12 bits per heavy atom. The summed E-state index contributed by atoms with van der Waals surface area (Å²) in [5.41, 5.74) is 6.76. The van der Waals surface area contributed by atoms with E-state index in [1.165, 1.54) is 0 Å². The van der Waals surface area contributed by atoms with Gasteiger partial charge in [-0.2, -0.15) is 0 Å². The Kier molecular flexibility index (Phi) is 3.94. The molecule has 16 heavy (non-hydrogen) atoms. The molecule has 0 heterocycles. The molecule has 88 valence electrons. The molecule has 0 aliphatic heterocycles. The maximum atomic E-state index is 11.8. The topological polar surface area (TPSA) is 55.1 Å². The summed E-state index contributed by atoms with van der Waals surface area (Å²) in [7, 11) is 0. The summed E-state index contributed by atoms with van der Waals surface area (Å²) in [6.45, 7) is 5.97. The number of benzene rings is 1. The van der Waals surface area contributed by atoms with Gasteiger partial charge in [0, 0.05) is 22.7 Å². The lowest BCUT2D eigenvalue weighted by Gasteiger charge is -2.19. The third-order valence-corrected chi connectivity index (χ3v) is 2.63. The van der Waals surface area contributed by atoms with Gasteiger partial charge < -0.3 is 11.1 Å². The van der Waals surface area contributed by atoms with Crippen LogP contribution in [0.4, 0.5) is 0 Å². The largest absolute Gasteiger partial charge is 0.350 e. The van der Waals surface area contributed by atoms with E-state index in [1.807, 2.05) is 20.8 Å². The number of nitrogens with two attached hydrogens (primary N) is 1. The number of carbonyl (C=O) groups is 1. The Morgan fingerprint density at radius 1 is 1.50 bits per heavy atom. The Bertz CT molecular complexity index is 396. The van der Waals surface area contributed by atoms with E-state index in [0.717, 1.165) is 5.56 Å². The molecule has 1 amide bonds. The Labute approximate surface area is 101 Å². The van der Waals surface area contributed by atoms with Crippen LogP contribution in [0.2, 0.25) is 5.02 Å². The normalized spacial score (nSPS) is 11.3. The first kappa shape index (κ1) is 13.0. The van der Waals surface area contributed by atoms with E-state index in [9.17, 15) is 4.79 Å². The van der Waals surface area contributed by atoms with Crippen LogP contribution in [0, 0.1) is 6.92 Å². The first-order valence-corrected chi connectivity index (χ1v) is 5.51. The number of rotatable bonds is 3. The highest BCUT2D eigenvalue weighted by Crippen LogP contribution is 2.18. The minimum absolute atomic E-state index is 0.140. The van der Waals surface area contributed by atoms with E-state index in [4.69, 9.17) is 17.3 Å². The molecular formula is C12H17ClN2O. The monoisotopic (exact) mass is 240 g/mol. The molecule has 3 nitrogen and oxygen atoms in total. The second-order valence-electron chi connectivity index (χ2n) is 4.58. The summed E-state index contributed by atoms with van der Waals surface area (Å²) in [4.78, 5) is 11.8. The van der Waals surface area contributed by atoms with Gasteiger partial charge in [-0.05, 0) is 38.5 Å². The third kappa shape index (κ3) is 3.51. The van der Waals surface area contributed by atoms with Crippen molar-refractivity contribution in [1.29, 1.82) is 0 Å². The zero-order valence-electron chi connectivity index (χ0n) is 9.80. The fourth-order valence-electron chi connectivity index (χ4n) is 1.26. The quantitative estimate of drug-likeness (QED) is 0.850. The zero-order chi connectivity index (χ0) is 12.3. The Balaban J connectivity index is 2.78. The molecule has 0 aliphatic carbocycles. The van der Waals surface area contributed by atoms with Crippen molar-refractivity contribution in [2.75, 3.05) is 6.54 Å². The van der Waals surface area contributed by atoms with Gasteiger partial charge in [-0.25, -0.2) is 0 Å². The second-order valence-corrected chi connectivity index (χ2v) is 4.99. The molecule has 0 saturated heterocycles. The van der Waals surface area contributed by atoms with Crippen molar-refractivity contribution in [2.24, 2.45) is 5.73 Å². The maximum Gasteiger partial charge on any atom is 0.251 e. The molecule has 1 aromatic rings. The molecule has 0 fully saturated rings. The van der Waals surface area contributed by atoms with Crippen LogP contribution in [0.25, 0.3) is 0 Å². The van der Waals surface area contributed by atoms with Crippen LogP contribution in [-0.2, 0) is 0 Å². The highest BCUT2D eigenvalue weighted by molar-refractivity contribution is 6.31. The number of carbonyl (C=O) groups excluding carboxylic acids is 1. The van der Waals surface area contributed by atoms with Gasteiger partial charge in [0.25, 0.3) is 5.91 Å². The van der Waals surface area contributed by atoms with Crippen molar-refractivity contribution in [3.63, 3.8) is 0 Å². The second kappa shape index (κ2) is 4.85. The summed E-state index contributed by atoms with van der Waals surface area (Å²) < 4.78 is 0. The predicted molar refractivity (Wildman–Crippen MR) is 66.8 cm³/mol. The highest BCUT2D eigenvalue weighted by Gasteiger charge is 2.15. The zero-order valence-corrected chi connectivity index (χ0v) is 10.6. The summed E-state index contributed by atoms with van der Waals surface area (Å²) in [6, 6.07) is 5.28. The van der Waals surface area contributed by atoms with Crippen molar-refractivity contribution in [3.05, 3.63) is 34.3 Å². The maximum absolute atomic E-state index is 11.8. The van der Waals surface area contributed by atoms with Crippen LogP contribution in [-0.4, -0.2) is 18.0 Å². The third-order valence-electron chi connectivity index (χ3n) is 2.22. The SMILES string of the molecule is Cc1c(Cl)cccc1C(=O)NCC(C)(C)N. The summed E-state index contributed by atoms with van der Waals surface area (Å²) in [5, 5.41) is 3.38. The minimum atomic E-state index is -0.415. The van der Waals surface area contributed by atoms with Crippen molar-refractivity contribution in [1.82, 2.24) is 5.32 Å². The van der Waals surface area contributed by atoms with E-state index >= 15 is 0 Å². The van der Waals surface area contributed by atoms with E-state index in [1.54, 1.807) is 18.2 Å². The summed E-state index contributed by atoms with van der Waals surface area (Å²) >= 11 is 5.94. The lowest BCUT2D eigenvalue weighted by atomic mass is 10.1. The summed E-state index contributed by atoms with van der Waals surface area (Å²) in [5.74, 6) is -0.140. The molecule has 1 aromatic carbocycles. The van der Waals surface area contributed by atoms with Gasteiger partial charge in [-0.15, -0.1) is 0 Å². The van der Waals surface area contributed by atoms with Crippen molar-refractivity contribution >= 4 is 17.5 Å². The van der Waals surface area contributed by atoms with Crippen LogP contribution in [0.5, 0.6) is 0 Å². The van der Waals surface area contributed by atoms with E-state index in [2.05, 4.69) is 5.32 Å². The molecular weight excluding hydrogens is 224 g/mol. The van der Waals surface area contributed by atoms with Crippen LogP contribution in [0.1, 0.15) is 29.8 Å². The molecule has 0 aliphatic rings. The van der Waals surface area contributed by atoms with Crippen molar-refractivity contribution < 1.29 is 4.79 Å². The van der Waals surface area contributed by atoms with Crippen LogP contribution in [0.3, 0.4) is 0 Å². The number of hydrogen-bond acceptors (Lipinski definition) is 2. The molecule has 0 bridgehead atoms. The number of hydrogen-bond donors (Lipinski definition) is 2. The molecule has 1 rings (SSSR count). The van der Waals surface area contributed by atoms with Gasteiger partial charge in [-0.1, -0.05) is 17.7 Å². The van der Waals surface area contributed by atoms with Crippen LogP contribution >= 0.6 is 11.6 Å². The molecule has 0 saturated carbocycles. The average Bonchev–Trinajstić information content (AvgIpc) is 2.17. The van der Waals surface area contributed by atoms with Crippen molar-refractivity contribution in [2.45, 2.75) is 26.3 Å². The van der Waals surface area contributed by atoms with Gasteiger partial charge in [0.05, 0.1) is 0 Å². The van der Waals surface area contributed by atoms with Gasteiger partial charge in [0.1, 0.15) is 0 Å². The fraction of sp³-hybridized carbons (Fsp3) is 0.417. The van der Waals surface area contributed by atoms with Crippen LogP contribution < -0.4 is 11.1 Å². The summed E-state index contributed by atoms with van der Waals surface area (Å²) in [6.07, 6.45) is 0. The lowest BCUT2D eigenvalue weighted by Crippen LogP contribution is -2.45. The van der Waals surface area contributed by atoms with Gasteiger partial charge >= 0.3 is 0 Å². The average molecular weight is 241 g/mol. The highest BCUT2D eigenvalue weighted by atomic mass is 35.5. The molecule has 0 spiro atoms. The fourth-order valence-corrected chi connectivity index (χ4v) is 1.43. The molecule has 0 radical (unpaired) electrons. The molecule has 0 atom stereocenters. The van der Waals surface area contributed by atoms with Gasteiger partial charge in [-0.3, -0.25) is 4.79 Å². The Hall–Kier alpha value is -1.06. The van der Waals surface area contributed by atoms with Gasteiger partial charge in [0.2, 0.25) is 0 Å². The molecule has 4 heteroatoms. The standard InChI is InChI=1S/C12H17ClN2O/c1-8-9(5-4-6-10(8)13)11(16)15-7-12(2,3)14/h4-6H,7,14H2,1-3H3,(H,15,16). The Morgan fingerprint density at radius 3 is 2.69 bits per heavy atom. The van der Waals surface area contributed by atoms with Gasteiger partial charge in [0.15, 0.2) is 0 Å². The molecule has 0 unspecified atom stereocenters. The van der Waals surface area contributed by atoms with E-state index in [-0.39, 0.29) is 5.91 Å². The minimum Gasteiger partial charge on any atom is -0.350 e. The van der Waals surface area contributed by atoms with Crippen LogP contribution in [0.15, 0.2) is 18.2 Å². The number of halogens is 1. The van der Waals surface area contributed by atoms with E-state index < -0.39 is 5.54 Å².